The molecular weight excluding hydrogens is 243 g/mol. The van der Waals surface area contributed by atoms with E-state index < -0.39 is 29.1 Å². The van der Waals surface area contributed by atoms with E-state index in [0.717, 1.165) is 13.2 Å². The maximum Gasteiger partial charge on any atom is 0.379 e. The lowest BCUT2D eigenvalue weighted by Crippen LogP contribution is -2.19. The number of benzene rings is 1. The average molecular weight is 256 g/mol. The Labute approximate surface area is 103 Å². The third-order valence-electron chi connectivity index (χ3n) is 2.30. The molecule has 0 aliphatic carbocycles. The summed E-state index contributed by atoms with van der Waals surface area (Å²) in [5.74, 6) is -4.14. The fraction of sp³-hybridized carbons (Fsp3) is 0.333. The Bertz CT molecular complexity index is 496. The van der Waals surface area contributed by atoms with E-state index >= 15 is 0 Å². The van der Waals surface area contributed by atoms with Gasteiger partial charge in [-0.05, 0) is 25.5 Å². The number of methoxy groups -OCH3 is 1. The number of aryl methyl sites for hydroxylation is 1. The number of phenols is 1. The van der Waals surface area contributed by atoms with Crippen LogP contribution in [0.5, 0.6) is 11.5 Å². The highest BCUT2D eigenvalue weighted by atomic mass is 19.1. The van der Waals surface area contributed by atoms with Gasteiger partial charge in [-0.25, -0.2) is 9.18 Å². The van der Waals surface area contributed by atoms with Crippen LogP contribution >= 0.6 is 0 Å². The molecule has 0 bridgehead atoms. The van der Waals surface area contributed by atoms with Crippen LogP contribution in [0.3, 0.4) is 0 Å². The van der Waals surface area contributed by atoms with Crippen molar-refractivity contribution in [3.8, 4) is 11.5 Å². The first-order valence-corrected chi connectivity index (χ1v) is 5.21. The molecule has 0 atom stereocenters. The largest absolute Gasteiger partial charge is 0.504 e. The molecule has 0 amide bonds. The van der Waals surface area contributed by atoms with Crippen LogP contribution in [0.1, 0.15) is 22.8 Å². The maximum atomic E-state index is 13.4. The average Bonchev–Trinajstić information content (AvgIpc) is 2.29. The molecule has 1 aromatic rings. The maximum absolute atomic E-state index is 13.4. The Morgan fingerprint density at radius 1 is 1.44 bits per heavy atom. The van der Waals surface area contributed by atoms with Crippen LogP contribution in [0.25, 0.3) is 0 Å². The van der Waals surface area contributed by atoms with Crippen molar-refractivity contribution >= 4 is 11.8 Å². The number of esters is 1. The number of Topliss-reactive ketones (excluding diaryl/α,β-unsaturated/α-hetero) is 1. The molecule has 18 heavy (non-hydrogen) atoms. The molecule has 0 unspecified atom stereocenters. The Morgan fingerprint density at radius 2 is 2.06 bits per heavy atom. The zero-order valence-corrected chi connectivity index (χ0v) is 10.2. The van der Waals surface area contributed by atoms with Crippen LogP contribution in [-0.2, 0) is 9.53 Å². The molecule has 6 heteroatoms. The third-order valence-corrected chi connectivity index (χ3v) is 2.30. The summed E-state index contributed by atoms with van der Waals surface area (Å²) in [6, 6.07) is 1.00. The van der Waals surface area contributed by atoms with Crippen LogP contribution in [-0.4, -0.2) is 30.6 Å². The van der Waals surface area contributed by atoms with Gasteiger partial charge in [0.15, 0.2) is 17.3 Å². The fourth-order valence-corrected chi connectivity index (χ4v) is 1.52. The molecule has 5 nitrogen and oxygen atoms in total. The van der Waals surface area contributed by atoms with Crippen LogP contribution in [0.15, 0.2) is 6.07 Å². The Morgan fingerprint density at radius 3 is 2.56 bits per heavy atom. The van der Waals surface area contributed by atoms with Gasteiger partial charge in [0.05, 0.1) is 19.3 Å². The highest BCUT2D eigenvalue weighted by Crippen LogP contribution is 2.35. The summed E-state index contributed by atoms with van der Waals surface area (Å²) in [5.41, 5.74) is -0.185. The smallest absolute Gasteiger partial charge is 0.379 e. The topological polar surface area (TPSA) is 72.8 Å². The van der Waals surface area contributed by atoms with Gasteiger partial charge in [-0.2, -0.15) is 0 Å². The van der Waals surface area contributed by atoms with Crippen LogP contribution in [0, 0.1) is 12.7 Å². The van der Waals surface area contributed by atoms with Gasteiger partial charge in [0, 0.05) is 0 Å². The lowest BCUT2D eigenvalue weighted by Gasteiger charge is -2.11. The number of rotatable bonds is 4. The Kier molecular flexibility index (Phi) is 4.25. The number of halogens is 1. The molecule has 0 radical (unpaired) electrons. The quantitative estimate of drug-likeness (QED) is 0.503. The minimum atomic E-state index is -1.11. The molecular formula is C12H13FO5. The number of phenolic OH excluding ortho intramolecular Hbond substituents is 1. The molecule has 1 rings (SSSR count). The van der Waals surface area contributed by atoms with Crippen molar-refractivity contribution in [2.45, 2.75) is 13.8 Å². The first-order valence-electron chi connectivity index (χ1n) is 5.21. The second-order valence-electron chi connectivity index (χ2n) is 3.48. The SMILES string of the molecule is CCOC(=O)C(=O)c1c(C)cc(F)c(OC)c1O. The van der Waals surface area contributed by atoms with Crippen molar-refractivity contribution < 1.29 is 28.6 Å². The van der Waals surface area contributed by atoms with Crippen LogP contribution in [0.2, 0.25) is 0 Å². The van der Waals surface area contributed by atoms with Gasteiger partial charge in [0.2, 0.25) is 0 Å². The van der Waals surface area contributed by atoms with Crippen molar-refractivity contribution in [1.82, 2.24) is 0 Å². The lowest BCUT2D eigenvalue weighted by molar-refractivity contribution is -0.137. The van der Waals surface area contributed by atoms with Gasteiger partial charge in [0.1, 0.15) is 0 Å². The molecule has 0 spiro atoms. The second kappa shape index (κ2) is 5.48. The lowest BCUT2D eigenvalue weighted by atomic mass is 10.0. The molecule has 1 N–H and O–H groups in total. The summed E-state index contributed by atoms with van der Waals surface area (Å²) in [7, 11) is 1.14. The number of aromatic hydroxyl groups is 1. The van der Waals surface area contributed by atoms with E-state index in [1.807, 2.05) is 0 Å². The van der Waals surface area contributed by atoms with E-state index in [9.17, 15) is 19.1 Å². The normalized spacial score (nSPS) is 10.0. The Hall–Kier alpha value is -2.11. The zero-order valence-electron chi connectivity index (χ0n) is 10.2. The minimum absolute atomic E-state index is 0.0305. The van der Waals surface area contributed by atoms with Crippen molar-refractivity contribution in [3.05, 3.63) is 23.0 Å². The summed E-state index contributed by atoms with van der Waals surface area (Å²) < 4.78 is 22.6. The monoisotopic (exact) mass is 256 g/mol. The molecule has 1 aromatic carbocycles. The van der Waals surface area contributed by atoms with E-state index in [-0.39, 0.29) is 17.7 Å². The molecule has 0 saturated heterocycles. The van der Waals surface area contributed by atoms with E-state index in [1.165, 1.54) is 6.92 Å². The number of hydrogen-bond donors (Lipinski definition) is 1. The van der Waals surface area contributed by atoms with E-state index in [1.54, 1.807) is 6.92 Å². The molecule has 98 valence electrons. The summed E-state index contributed by atoms with van der Waals surface area (Å²) >= 11 is 0. The van der Waals surface area contributed by atoms with E-state index in [2.05, 4.69) is 9.47 Å². The first-order chi connectivity index (χ1) is 8.43. The fourth-order valence-electron chi connectivity index (χ4n) is 1.52. The molecule has 0 heterocycles. The number of carbonyl (C=O) groups excluding carboxylic acids is 2. The van der Waals surface area contributed by atoms with Gasteiger partial charge in [-0.3, -0.25) is 4.79 Å². The predicted molar refractivity (Wildman–Crippen MR) is 60.3 cm³/mol. The van der Waals surface area contributed by atoms with Gasteiger partial charge < -0.3 is 14.6 Å². The Balaban J connectivity index is 3.32. The highest BCUT2D eigenvalue weighted by Gasteiger charge is 2.27. The second-order valence-corrected chi connectivity index (χ2v) is 3.48. The van der Waals surface area contributed by atoms with Gasteiger partial charge in [-0.15, -0.1) is 0 Å². The number of ether oxygens (including phenoxy) is 2. The van der Waals surface area contributed by atoms with Crippen LogP contribution in [0.4, 0.5) is 4.39 Å². The number of carbonyl (C=O) groups is 2. The number of hydrogen-bond acceptors (Lipinski definition) is 5. The van der Waals surface area contributed by atoms with E-state index in [0.29, 0.717) is 0 Å². The van der Waals surface area contributed by atoms with Crippen molar-refractivity contribution in [2.24, 2.45) is 0 Å². The molecule has 0 aromatic heterocycles. The molecule has 0 fully saturated rings. The zero-order chi connectivity index (χ0) is 13.9. The van der Waals surface area contributed by atoms with E-state index in [4.69, 9.17) is 0 Å². The highest BCUT2D eigenvalue weighted by molar-refractivity contribution is 6.41. The summed E-state index contributed by atoms with van der Waals surface area (Å²) in [6.45, 7) is 2.97. The molecule has 0 aliphatic rings. The third kappa shape index (κ3) is 2.42. The first kappa shape index (κ1) is 14.0. The van der Waals surface area contributed by atoms with Crippen LogP contribution < -0.4 is 4.74 Å². The standard InChI is InChI=1S/C12H13FO5/c1-4-18-12(16)10(15)8-6(2)5-7(13)11(17-3)9(8)14/h5,14H,4H2,1-3H3. The minimum Gasteiger partial charge on any atom is -0.504 e. The summed E-state index contributed by atoms with van der Waals surface area (Å²) in [6.07, 6.45) is 0. The van der Waals surface area contributed by atoms with Gasteiger partial charge in [-0.1, -0.05) is 0 Å². The molecule has 0 saturated carbocycles. The predicted octanol–water partition coefficient (Wildman–Crippen LogP) is 1.59. The van der Waals surface area contributed by atoms with Gasteiger partial charge in [0.25, 0.3) is 5.78 Å². The van der Waals surface area contributed by atoms with Crippen molar-refractivity contribution in [1.29, 1.82) is 0 Å². The number of ketones is 1. The molecule has 0 aliphatic heterocycles. The van der Waals surface area contributed by atoms with Crippen molar-refractivity contribution in [2.75, 3.05) is 13.7 Å². The summed E-state index contributed by atoms with van der Waals surface area (Å²) in [4.78, 5) is 23.1. The summed E-state index contributed by atoms with van der Waals surface area (Å²) in [5, 5.41) is 9.74. The van der Waals surface area contributed by atoms with Crippen molar-refractivity contribution in [3.63, 3.8) is 0 Å². The van der Waals surface area contributed by atoms with Gasteiger partial charge >= 0.3 is 5.97 Å².